The van der Waals surface area contributed by atoms with Gasteiger partial charge in [0.15, 0.2) is 0 Å². The Kier molecular flexibility index (Phi) is 11.2. The van der Waals surface area contributed by atoms with Gasteiger partial charge in [0.05, 0.1) is 27.8 Å². The van der Waals surface area contributed by atoms with Crippen molar-refractivity contribution in [3.05, 3.63) is 309 Å². The quantitative estimate of drug-likeness (QED) is 0.133. The molecule has 3 heteroatoms. The molecule has 0 radical (unpaired) electrons. The second-order valence-corrected chi connectivity index (χ2v) is 20.5. The number of anilines is 3. The minimum absolute atomic E-state index is 1.08. The van der Waals surface area contributed by atoms with Gasteiger partial charge in [0.25, 0.3) is 0 Å². The van der Waals surface area contributed by atoms with Crippen LogP contribution in [0.4, 0.5) is 17.1 Å². The molecule has 0 N–H and O–H groups in total. The molecule has 13 aromatic carbocycles. The molecular weight excluding hydrogens is 955 g/mol. The molecule has 0 aliphatic heterocycles. The standard InChI is InChI=1S/C76H51N3/c1-4-16-52(17-5-1)53-28-30-54(31-29-53)56-36-42-63(43-37-56)77(74-49-47-65(66-22-10-11-23-67(66)74)60-41-48-75-71(50-60)69-25-13-15-27-73(69)78(75)61-18-6-2-7-19-61)64-44-38-57(39-45-64)55-32-34-58(35-33-55)59-40-46-70-68-24-12-14-26-72(68)79(76(70)51-59)62-20-8-3-9-21-62/h1-51H. The lowest BCUT2D eigenvalue weighted by Crippen LogP contribution is -2.10. The van der Waals surface area contributed by atoms with Crippen LogP contribution in [0.2, 0.25) is 0 Å². The summed E-state index contributed by atoms with van der Waals surface area (Å²) in [6.45, 7) is 0. The average molecular weight is 1010 g/mol. The van der Waals surface area contributed by atoms with Gasteiger partial charge in [-0.05, 0) is 146 Å². The Labute approximate surface area is 459 Å². The molecule has 15 aromatic rings. The summed E-state index contributed by atoms with van der Waals surface area (Å²) in [6, 6.07) is 113. The predicted molar refractivity (Wildman–Crippen MR) is 334 cm³/mol. The van der Waals surface area contributed by atoms with E-state index in [4.69, 9.17) is 0 Å². The summed E-state index contributed by atoms with van der Waals surface area (Å²) >= 11 is 0. The number of hydrogen-bond acceptors (Lipinski definition) is 1. The molecule has 15 rings (SSSR count). The van der Waals surface area contributed by atoms with E-state index in [1.54, 1.807) is 0 Å². The van der Waals surface area contributed by atoms with Gasteiger partial charge in [-0.1, -0.05) is 224 Å². The monoisotopic (exact) mass is 1010 g/mol. The van der Waals surface area contributed by atoms with Crippen LogP contribution in [-0.4, -0.2) is 9.13 Å². The number of rotatable bonds is 10. The first-order valence-electron chi connectivity index (χ1n) is 27.1. The highest BCUT2D eigenvalue weighted by Gasteiger charge is 2.20. The van der Waals surface area contributed by atoms with Crippen LogP contribution in [0.1, 0.15) is 0 Å². The maximum absolute atomic E-state index is 2.42. The summed E-state index contributed by atoms with van der Waals surface area (Å²) in [5, 5.41) is 7.37. The first-order valence-corrected chi connectivity index (χ1v) is 27.1. The maximum Gasteiger partial charge on any atom is 0.0547 e. The van der Waals surface area contributed by atoms with Crippen molar-refractivity contribution in [2.24, 2.45) is 0 Å². The van der Waals surface area contributed by atoms with E-state index < -0.39 is 0 Å². The molecule has 0 saturated carbocycles. The summed E-state index contributed by atoms with van der Waals surface area (Å²) in [7, 11) is 0. The Morgan fingerprint density at radius 3 is 1.11 bits per heavy atom. The Balaban J connectivity index is 0.801. The number of hydrogen-bond donors (Lipinski definition) is 0. The van der Waals surface area contributed by atoms with Gasteiger partial charge in [0.1, 0.15) is 0 Å². The largest absolute Gasteiger partial charge is 0.310 e. The molecule has 2 aromatic heterocycles. The molecule has 0 spiro atoms. The molecule has 0 fully saturated rings. The van der Waals surface area contributed by atoms with Gasteiger partial charge in [-0.25, -0.2) is 0 Å². The second-order valence-electron chi connectivity index (χ2n) is 20.5. The summed E-state index contributed by atoms with van der Waals surface area (Å²) in [5.41, 5.74) is 22.3. The van der Waals surface area contributed by atoms with Gasteiger partial charge >= 0.3 is 0 Å². The first kappa shape index (κ1) is 45.9. The number of nitrogens with zero attached hydrogens (tertiary/aromatic N) is 3. The van der Waals surface area contributed by atoms with Crippen molar-refractivity contribution in [2.45, 2.75) is 0 Å². The van der Waals surface area contributed by atoms with E-state index in [9.17, 15) is 0 Å². The normalized spacial score (nSPS) is 11.5. The van der Waals surface area contributed by atoms with Crippen LogP contribution in [0, 0.1) is 0 Å². The van der Waals surface area contributed by atoms with Crippen molar-refractivity contribution in [1.29, 1.82) is 0 Å². The van der Waals surface area contributed by atoms with Crippen molar-refractivity contribution in [3.63, 3.8) is 0 Å². The number of fused-ring (bicyclic) bond motifs is 7. The summed E-state index contributed by atoms with van der Waals surface area (Å²) in [6.07, 6.45) is 0. The number of para-hydroxylation sites is 4. The Bertz CT molecular complexity index is 4710. The third-order valence-corrected chi connectivity index (χ3v) is 16.0. The zero-order valence-electron chi connectivity index (χ0n) is 43.3. The van der Waals surface area contributed by atoms with Crippen LogP contribution in [-0.2, 0) is 0 Å². The lowest BCUT2D eigenvalue weighted by molar-refractivity contribution is 1.18. The fraction of sp³-hybridized carbons (Fsp3) is 0. The Hall–Kier alpha value is -10.5. The number of aromatic nitrogens is 2. The van der Waals surface area contributed by atoms with E-state index in [0.717, 1.165) is 34.0 Å². The predicted octanol–water partition coefficient (Wildman–Crippen LogP) is 20.8. The molecule has 0 unspecified atom stereocenters. The van der Waals surface area contributed by atoms with Gasteiger partial charge in [0, 0.05) is 49.7 Å². The van der Waals surface area contributed by atoms with Crippen LogP contribution in [0.15, 0.2) is 309 Å². The molecule has 0 atom stereocenters. The van der Waals surface area contributed by atoms with E-state index in [0.29, 0.717) is 0 Å². The highest BCUT2D eigenvalue weighted by Crippen LogP contribution is 2.45. The SMILES string of the molecule is c1ccc(-c2ccc(-c3ccc(N(c4ccc(-c5ccc(-c6ccc7c8ccccc8n(-c8ccccc8)c7c6)cc5)cc4)c4ccc(-c5ccc6c(c5)c5ccccc5n6-c5ccccc5)c5ccccc45)cc3)cc2)cc1. The molecule has 0 amide bonds. The molecular formula is C76H51N3. The maximum atomic E-state index is 2.42. The summed E-state index contributed by atoms with van der Waals surface area (Å²) in [4.78, 5) is 2.42. The van der Waals surface area contributed by atoms with Gasteiger partial charge in [-0.3, -0.25) is 0 Å². The molecule has 0 aliphatic carbocycles. The topological polar surface area (TPSA) is 13.1 Å². The minimum Gasteiger partial charge on any atom is -0.310 e. The lowest BCUT2D eigenvalue weighted by atomic mass is 9.95. The Morgan fingerprint density at radius 1 is 0.203 bits per heavy atom. The van der Waals surface area contributed by atoms with Crippen molar-refractivity contribution in [3.8, 4) is 67.0 Å². The van der Waals surface area contributed by atoms with Crippen molar-refractivity contribution in [2.75, 3.05) is 4.90 Å². The minimum atomic E-state index is 1.08. The van der Waals surface area contributed by atoms with Crippen molar-refractivity contribution >= 4 is 71.4 Å². The molecule has 0 bridgehead atoms. The third-order valence-electron chi connectivity index (χ3n) is 16.0. The van der Waals surface area contributed by atoms with E-state index >= 15 is 0 Å². The van der Waals surface area contributed by atoms with E-state index in [1.807, 2.05) is 0 Å². The first-order chi connectivity index (χ1) is 39.2. The number of benzene rings is 13. The molecule has 0 saturated heterocycles. The van der Waals surface area contributed by atoms with Gasteiger partial charge < -0.3 is 14.0 Å². The molecule has 79 heavy (non-hydrogen) atoms. The molecule has 370 valence electrons. The second kappa shape index (κ2) is 19.3. The van der Waals surface area contributed by atoms with Gasteiger partial charge in [-0.2, -0.15) is 0 Å². The zero-order valence-corrected chi connectivity index (χ0v) is 43.3. The van der Waals surface area contributed by atoms with Crippen LogP contribution >= 0.6 is 0 Å². The molecule has 2 heterocycles. The highest BCUT2D eigenvalue weighted by atomic mass is 15.1. The fourth-order valence-electron chi connectivity index (χ4n) is 12.1. The van der Waals surface area contributed by atoms with Crippen LogP contribution in [0.25, 0.3) is 121 Å². The van der Waals surface area contributed by atoms with Crippen molar-refractivity contribution < 1.29 is 0 Å². The zero-order chi connectivity index (χ0) is 52.2. The average Bonchev–Trinajstić information content (AvgIpc) is 4.30. The van der Waals surface area contributed by atoms with E-state index in [-0.39, 0.29) is 0 Å². The van der Waals surface area contributed by atoms with E-state index in [1.165, 1.54) is 104 Å². The summed E-state index contributed by atoms with van der Waals surface area (Å²) < 4.78 is 4.77. The fourth-order valence-corrected chi connectivity index (χ4v) is 12.1. The molecule has 3 nitrogen and oxygen atoms in total. The van der Waals surface area contributed by atoms with Crippen LogP contribution in [0.5, 0.6) is 0 Å². The van der Waals surface area contributed by atoms with Gasteiger partial charge in [0.2, 0.25) is 0 Å². The van der Waals surface area contributed by atoms with E-state index in [2.05, 4.69) is 323 Å². The Morgan fingerprint density at radius 2 is 0.570 bits per heavy atom. The summed E-state index contributed by atoms with van der Waals surface area (Å²) in [5.74, 6) is 0. The van der Waals surface area contributed by atoms with Crippen molar-refractivity contribution in [1.82, 2.24) is 9.13 Å². The highest BCUT2D eigenvalue weighted by molar-refractivity contribution is 6.13. The lowest BCUT2D eigenvalue weighted by Gasteiger charge is -2.28. The molecule has 0 aliphatic rings. The smallest absolute Gasteiger partial charge is 0.0547 e. The van der Waals surface area contributed by atoms with Gasteiger partial charge in [-0.15, -0.1) is 0 Å². The van der Waals surface area contributed by atoms with Crippen LogP contribution < -0.4 is 4.90 Å². The van der Waals surface area contributed by atoms with Crippen LogP contribution in [0.3, 0.4) is 0 Å². The third kappa shape index (κ3) is 8.07.